The molecule has 1 fully saturated rings. The van der Waals surface area contributed by atoms with Gasteiger partial charge in [0.05, 0.1) is 5.25 Å². The average molecular weight is 395 g/mol. The summed E-state index contributed by atoms with van der Waals surface area (Å²) in [6.45, 7) is 1.99. The van der Waals surface area contributed by atoms with E-state index in [1.807, 2.05) is 37.3 Å². The zero-order valence-electron chi connectivity index (χ0n) is 15.4. The molecule has 2 amide bonds. The number of likely N-dealkylation sites (N-methyl/N-ethyl adjacent to an activating group) is 1. The Morgan fingerprint density at radius 1 is 1.21 bits per heavy atom. The molecule has 142 valence electrons. The largest absolute Gasteiger partial charge is 0.354 e. The van der Waals surface area contributed by atoms with Crippen LogP contribution in [-0.4, -0.2) is 24.1 Å². The number of carbonyl (C=O) groups is 2. The molecule has 7 heteroatoms. The van der Waals surface area contributed by atoms with Crippen molar-refractivity contribution in [2.45, 2.75) is 18.6 Å². The lowest BCUT2D eigenvalue weighted by atomic mass is 10.1. The van der Waals surface area contributed by atoms with Crippen molar-refractivity contribution >= 4 is 29.3 Å². The number of thioether (sulfide) groups is 1. The molecular formula is C21H18FN3O2S. The van der Waals surface area contributed by atoms with Crippen LogP contribution in [0.2, 0.25) is 0 Å². The van der Waals surface area contributed by atoms with E-state index in [1.54, 1.807) is 0 Å². The first-order valence-electron chi connectivity index (χ1n) is 8.62. The molecule has 5 nitrogen and oxygen atoms in total. The first-order valence-corrected chi connectivity index (χ1v) is 9.50. The van der Waals surface area contributed by atoms with Gasteiger partial charge in [-0.1, -0.05) is 41.6 Å². The maximum atomic E-state index is 13.3. The van der Waals surface area contributed by atoms with Crippen LogP contribution in [0.1, 0.15) is 11.1 Å². The van der Waals surface area contributed by atoms with Crippen LogP contribution >= 0.6 is 11.8 Å². The maximum Gasteiger partial charge on any atom is 0.264 e. The first-order chi connectivity index (χ1) is 13.4. The summed E-state index contributed by atoms with van der Waals surface area (Å²) >= 11 is 1.18. The van der Waals surface area contributed by atoms with Crippen LogP contribution in [-0.2, 0) is 16.0 Å². The minimum atomic E-state index is -0.569. The van der Waals surface area contributed by atoms with Crippen molar-refractivity contribution in [3.8, 4) is 6.07 Å². The number of carbonyl (C=O) groups excluding carboxylic acids is 2. The normalized spacial score (nSPS) is 18.0. The molecule has 0 bridgehead atoms. The molecule has 0 unspecified atom stereocenters. The standard InChI is InChI=1S/C21H18FN3O2S/c1-13-3-5-14(6-4-13)11-18-20(27)25(16-9-7-15(22)8-10-16)21(28-18)17(12-23)19(26)24-2/h3-10,18H,11H2,1-2H3,(H,24,26)/b21-17+/t18-/m1/s1. The van der Waals surface area contributed by atoms with E-state index in [2.05, 4.69) is 5.32 Å². The second kappa shape index (κ2) is 8.28. The summed E-state index contributed by atoms with van der Waals surface area (Å²) in [6.07, 6.45) is 0.456. The van der Waals surface area contributed by atoms with E-state index in [4.69, 9.17) is 0 Å². The lowest BCUT2D eigenvalue weighted by Crippen LogP contribution is -2.31. The van der Waals surface area contributed by atoms with Gasteiger partial charge in [-0.15, -0.1) is 0 Å². The van der Waals surface area contributed by atoms with Crippen LogP contribution in [0.25, 0.3) is 0 Å². The molecule has 1 aliphatic heterocycles. The van der Waals surface area contributed by atoms with Gasteiger partial charge >= 0.3 is 0 Å². The van der Waals surface area contributed by atoms with E-state index in [0.717, 1.165) is 11.1 Å². The lowest BCUT2D eigenvalue weighted by Gasteiger charge is -2.18. The molecule has 3 rings (SSSR count). The predicted octanol–water partition coefficient (Wildman–Crippen LogP) is 3.31. The van der Waals surface area contributed by atoms with Crippen molar-refractivity contribution in [3.63, 3.8) is 0 Å². The van der Waals surface area contributed by atoms with E-state index in [0.29, 0.717) is 12.1 Å². The Balaban J connectivity index is 2.03. The predicted molar refractivity (Wildman–Crippen MR) is 107 cm³/mol. The van der Waals surface area contributed by atoms with E-state index >= 15 is 0 Å². The summed E-state index contributed by atoms with van der Waals surface area (Å²) < 4.78 is 13.3. The molecule has 2 aromatic carbocycles. The van der Waals surface area contributed by atoms with Crippen LogP contribution in [0.5, 0.6) is 0 Å². The molecule has 0 radical (unpaired) electrons. The van der Waals surface area contributed by atoms with Gasteiger partial charge in [-0.25, -0.2) is 4.39 Å². The van der Waals surface area contributed by atoms with Gasteiger partial charge in [-0.2, -0.15) is 5.26 Å². The van der Waals surface area contributed by atoms with Crippen molar-refractivity contribution in [2.75, 3.05) is 11.9 Å². The van der Waals surface area contributed by atoms with Crippen molar-refractivity contribution in [2.24, 2.45) is 0 Å². The lowest BCUT2D eigenvalue weighted by molar-refractivity contribution is -0.117. The number of nitrogens with zero attached hydrogens (tertiary/aromatic N) is 2. The fourth-order valence-corrected chi connectivity index (χ4v) is 4.18. The van der Waals surface area contributed by atoms with Crippen molar-refractivity contribution < 1.29 is 14.0 Å². The molecule has 1 aliphatic rings. The number of nitriles is 1. The SMILES string of the molecule is CNC(=O)/C(C#N)=C1/S[C@H](Cc2ccc(C)cc2)C(=O)N1c1ccc(F)cc1. The first kappa shape index (κ1) is 19.6. The van der Waals surface area contributed by atoms with Gasteiger partial charge in [0.2, 0.25) is 5.91 Å². The summed E-state index contributed by atoms with van der Waals surface area (Å²) in [5.74, 6) is -1.25. The molecule has 28 heavy (non-hydrogen) atoms. The summed E-state index contributed by atoms with van der Waals surface area (Å²) in [5, 5.41) is 11.7. The molecule has 1 heterocycles. The molecule has 0 aliphatic carbocycles. The van der Waals surface area contributed by atoms with Gasteiger partial charge in [0.25, 0.3) is 5.91 Å². The maximum absolute atomic E-state index is 13.3. The van der Waals surface area contributed by atoms with E-state index < -0.39 is 17.0 Å². The van der Waals surface area contributed by atoms with Crippen molar-refractivity contribution in [1.82, 2.24) is 5.32 Å². The minimum Gasteiger partial charge on any atom is -0.354 e. The summed E-state index contributed by atoms with van der Waals surface area (Å²) in [6, 6.07) is 15.1. The topological polar surface area (TPSA) is 73.2 Å². The van der Waals surface area contributed by atoms with Gasteiger partial charge in [-0.3, -0.25) is 14.5 Å². The number of anilines is 1. The third-order valence-electron chi connectivity index (χ3n) is 4.36. The number of benzene rings is 2. The van der Waals surface area contributed by atoms with E-state index in [9.17, 15) is 19.2 Å². The van der Waals surface area contributed by atoms with Gasteiger partial charge in [0, 0.05) is 12.7 Å². The van der Waals surface area contributed by atoms with E-state index in [-0.39, 0.29) is 16.5 Å². The number of rotatable bonds is 4. The highest BCUT2D eigenvalue weighted by molar-refractivity contribution is 8.05. The Labute approximate surface area is 166 Å². The molecule has 1 saturated heterocycles. The molecule has 1 N–H and O–H groups in total. The highest BCUT2D eigenvalue weighted by atomic mass is 32.2. The minimum absolute atomic E-state index is 0.142. The highest BCUT2D eigenvalue weighted by Crippen LogP contribution is 2.41. The van der Waals surface area contributed by atoms with Gasteiger partial charge in [0.15, 0.2) is 0 Å². The fraction of sp³-hybridized carbons (Fsp3) is 0.190. The van der Waals surface area contributed by atoms with Crippen LogP contribution in [0.3, 0.4) is 0 Å². The molecule has 0 saturated carbocycles. The Morgan fingerprint density at radius 2 is 1.86 bits per heavy atom. The highest BCUT2D eigenvalue weighted by Gasteiger charge is 2.40. The number of hydrogen-bond acceptors (Lipinski definition) is 4. The van der Waals surface area contributed by atoms with Crippen molar-refractivity contribution in [1.29, 1.82) is 5.26 Å². The van der Waals surface area contributed by atoms with Crippen LogP contribution in [0.15, 0.2) is 59.1 Å². The molecule has 1 atom stereocenters. The molecule has 0 aromatic heterocycles. The summed E-state index contributed by atoms with van der Waals surface area (Å²) in [5.41, 5.74) is 2.37. The number of halogens is 1. The third-order valence-corrected chi connectivity index (χ3v) is 5.62. The zero-order chi connectivity index (χ0) is 20.3. The van der Waals surface area contributed by atoms with Crippen LogP contribution in [0, 0.1) is 24.1 Å². The summed E-state index contributed by atoms with van der Waals surface area (Å²) in [7, 11) is 1.42. The second-order valence-electron chi connectivity index (χ2n) is 6.32. The average Bonchev–Trinajstić information content (AvgIpc) is 3.00. The Kier molecular flexibility index (Phi) is 5.81. The smallest absolute Gasteiger partial charge is 0.264 e. The molecule has 2 aromatic rings. The second-order valence-corrected chi connectivity index (χ2v) is 7.51. The van der Waals surface area contributed by atoms with Crippen molar-refractivity contribution in [3.05, 3.63) is 76.1 Å². The monoisotopic (exact) mass is 395 g/mol. The quantitative estimate of drug-likeness (QED) is 0.637. The number of amides is 2. The Bertz CT molecular complexity index is 978. The van der Waals surface area contributed by atoms with Gasteiger partial charge < -0.3 is 5.32 Å². The Hall–Kier alpha value is -3.11. The molecular weight excluding hydrogens is 377 g/mol. The number of hydrogen-bond donors (Lipinski definition) is 1. The zero-order valence-corrected chi connectivity index (χ0v) is 16.2. The van der Waals surface area contributed by atoms with Gasteiger partial charge in [0.1, 0.15) is 22.5 Å². The fourth-order valence-electron chi connectivity index (χ4n) is 2.88. The summed E-state index contributed by atoms with van der Waals surface area (Å²) in [4.78, 5) is 26.6. The number of aryl methyl sites for hydroxylation is 1. The molecule has 0 spiro atoms. The third kappa shape index (κ3) is 3.92. The van der Waals surface area contributed by atoms with E-state index in [1.165, 1.54) is 48.0 Å². The Morgan fingerprint density at radius 3 is 2.43 bits per heavy atom. The van der Waals surface area contributed by atoms with Gasteiger partial charge in [-0.05, 0) is 43.2 Å². The van der Waals surface area contributed by atoms with Crippen LogP contribution < -0.4 is 10.2 Å². The number of nitrogens with one attached hydrogen (secondary N) is 1. The van der Waals surface area contributed by atoms with Crippen LogP contribution in [0.4, 0.5) is 10.1 Å².